The van der Waals surface area contributed by atoms with Crippen molar-refractivity contribution in [2.24, 2.45) is 0 Å². The van der Waals surface area contributed by atoms with Crippen molar-refractivity contribution < 1.29 is 9.53 Å². The van der Waals surface area contributed by atoms with Crippen molar-refractivity contribution in [3.8, 4) is 5.75 Å². The zero-order chi connectivity index (χ0) is 17.5. The topological polar surface area (TPSA) is 41.6 Å². The quantitative estimate of drug-likeness (QED) is 0.875. The van der Waals surface area contributed by atoms with Crippen LogP contribution in [0.4, 0.5) is 0 Å². The largest absolute Gasteiger partial charge is 0.497 e. The maximum Gasteiger partial charge on any atom is 0.251 e. The van der Waals surface area contributed by atoms with Crippen LogP contribution in [0.2, 0.25) is 0 Å². The molecule has 0 bridgehead atoms. The average molecular weight is 338 g/mol. The van der Waals surface area contributed by atoms with Crippen LogP contribution in [0.5, 0.6) is 5.75 Å². The predicted molar refractivity (Wildman–Crippen MR) is 99.7 cm³/mol. The minimum atomic E-state index is -0.0657. The maximum atomic E-state index is 12.3. The van der Waals surface area contributed by atoms with Gasteiger partial charge in [-0.15, -0.1) is 0 Å². The molecule has 2 aromatic carbocycles. The van der Waals surface area contributed by atoms with Crippen LogP contribution in [0.1, 0.15) is 40.7 Å². The summed E-state index contributed by atoms with van der Waals surface area (Å²) in [6, 6.07) is 15.7. The lowest BCUT2D eigenvalue weighted by atomic mass is 10.1. The molecule has 1 aliphatic heterocycles. The van der Waals surface area contributed by atoms with E-state index in [2.05, 4.69) is 34.5 Å². The number of carbonyl (C=O) groups excluding carboxylic acids is 1. The molecule has 0 aliphatic carbocycles. The summed E-state index contributed by atoms with van der Waals surface area (Å²) in [6.07, 6.45) is 3.96. The van der Waals surface area contributed by atoms with Crippen molar-refractivity contribution in [2.75, 3.05) is 20.2 Å². The summed E-state index contributed by atoms with van der Waals surface area (Å²) in [7, 11) is 1.62. The van der Waals surface area contributed by atoms with E-state index in [4.69, 9.17) is 4.74 Å². The number of methoxy groups -OCH3 is 1. The molecule has 3 rings (SSSR count). The fourth-order valence-electron chi connectivity index (χ4n) is 3.24. The average Bonchev–Trinajstić information content (AvgIpc) is 2.67. The van der Waals surface area contributed by atoms with Gasteiger partial charge in [0.25, 0.3) is 5.91 Å². The van der Waals surface area contributed by atoms with Gasteiger partial charge in [0.2, 0.25) is 0 Å². The number of amides is 1. The Kier molecular flexibility index (Phi) is 6.07. The minimum absolute atomic E-state index is 0.0657. The van der Waals surface area contributed by atoms with Crippen molar-refractivity contribution in [2.45, 2.75) is 32.4 Å². The number of benzene rings is 2. The highest BCUT2D eigenvalue weighted by atomic mass is 16.5. The molecule has 1 amide bonds. The Balaban J connectivity index is 1.55. The molecule has 1 saturated heterocycles. The van der Waals surface area contributed by atoms with Crippen molar-refractivity contribution in [1.82, 2.24) is 10.2 Å². The highest BCUT2D eigenvalue weighted by molar-refractivity contribution is 5.94. The zero-order valence-corrected chi connectivity index (χ0v) is 14.8. The van der Waals surface area contributed by atoms with Crippen LogP contribution in [-0.4, -0.2) is 31.0 Å². The van der Waals surface area contributed by atoms with E-state index in [1.54, 1.807) is 31.4 Å². The van der Waals surface area contributed by atoms with E-state index in [0.29, 0.717) is 12.1 Å². The van der Waals surface area contributed by atoms with Gasteiger partial charge in [-0.1, -0.05) is 30.7 Å². The van der Waals surface area contributed by atoms with Crippen LogP contribution in [0.3, 0.4) is 0 Å². The predicted octanol–water partition coefficient (Wildman–Crippen LogP) is 3.61. The maximum absolute atomic E-state index is 12.3. The van der Waals surface area contributed by atoms with Gasteiger partial charge in [0, 0.05) is 18.7 Å². The first-order valence-corrected chi connectivity index (χ1v) is 8.97. The van der Waals surface area contributed by atoms with Gasteiger partial charge in [0.15, 0.2) is 0 Å². The summed E-state index contributed by atoms with van der Waals surface area (Å²) in [6.45, 7) is 3.93. The molecule has 0 saturated carbocycles. The molecular formula is C21H26N2O2. The van der Waals surface area contributed by atoms with Crippen LogP contribution in [0, 0.1) is 0 Å². The van der Waals surface area contributed by atoms with E-state index in [1.165, 1.54) is 37.9 Å². The number of carbonyl (C=O) groups is 1. The van der Waals surface area contributed by atoms with Crippen LogP contribution < -0.4 is 10.1 Å². The second-order valence-electron chi connectivity index (χ2n) is 6.57. The number of rotatable bonds is 6. The van der Waals surface area contributed by atoms with Crippen molar-refractivity contribution in [1.29, 1.82) is 0 Å². The van der Waals surface area contributed by atoms with Crippen LogP contribution >= 0.6 is 0 Å². The standard InChI is InChI=1S/C21H26N2O2/c1-25-20-10-8-19(9-11-20)21(24)22-15-17-6-5-7-18(14-17)16-23-12-3-2-4-13-23/h5-11,14H,2-4,12-13,15-16H2,1H3,(H,22,24). The highest BCUT2D eigenvalue weighted by Crippen LogP contribution is 2.15. The van der Waals surface area contributed by atoms with Crippen molar-refractivity contribution >= 4 is 5.91 Å². The first-order valence-electron chi connectivity index (χ1n) is 8.97. The Labute approximate surface area is 149 Å². The van der Waals surface area contributed by atoms with E-state index in [1.807, 2.05) is 0 Å². The molecule has 4 nitrogen and oxygen atoms in total. The molecular weight excluding hydrogens is 312 g/mol. The molecule has 1 N–H and O–H groups in total. The van der Waals surface area contributed by atoms with Gasteiger partial charge in [-0.05, 0) is 61.3 Å². The number of hydrogen-bond donors (Lipinski definition) is 1. The van der Waals surface area contributed by atoms with E-state index in [0.717, 1.165) is 17.9 Å². The van der Waals surface area contributed by atoms with Crippen molar-refractivity contribution in [3.63, 3.8) is 0 Å². The minimum Gasteiger partial charge on any atom is -0.497 e. The third-order valence-electron chi connectivity index (χ3n) is 4.65. The van der Waals surface area contributed by atoms with E-state index in [-0.39, 0.29) is 5.91 Å². The van der Waals surface area contributed by atoms with Crippen molar-refractivity contribution in [3.05, 3.63) is 65.2 Å². The Bertz CT molecular complexity index is 691. The summed E-state index contributed by atoms with van der Waals surface area (Å²) in [5.41, 5.74) is 3.10. The molecule has 25 heavy (non-hydrogen) atoms. The summed E-state index contributed by atoms with van der Waals surface area (Å²) in [5.74, 6) is 0.686. The summed E-state index contributed by atoms with van der Waals surface area (Å²) in [5, 5.41) is 2.99. The number of likely N-dealkylation sites (tertiary alicyclic amines) is 1. The van der Waals surface area contributed by atoms with E-state index >= 15 is 0 Å². The number of nitrogens with zero attached hydrogens (tertiary/aromatic N) is 1. The number of piperidine rings is 1. The zero-order valence-electron chi connectivity index (χ0n) is 14.8. The van der Waals surface area contributed by atoms with Gasteiger partial charge in [-0.2, -0.15) is 0 Å². The Morgan fingerprint density at radius 3 is 2.48 bits per heavy atom. The van der Waals surface area contributed by atoms with E-state index < -0.39 is 0 Å². The monoisotopic (exact) mass is 338 g/mol. The van der Waals surface area contributed by atoms with Gasteiger partial charge in [-0.3, -0.25) is 9.69 Å². The molecule has 0 unspecified atom stereocenters. The van der Waals surface area contributed by atoms with Crippen LogP contribution in [0.15, 0.2) is 48.5 Å². The molecule has 1 heterocycles. The highest BCUT2D eigenvalue weighted by Gasteiger charge is 2.11. The van der Waals surface area contributed by atoms with Gasteiger partial charge < -0.3 is 10.1 Å². The molecule has 4 heteroatoms. The van der Waals surface area contributed by atoms with Gasteiger partial charge in [-0.25, -0.2) is 0 Å². The molecule has 0 spiro atoms. The summed E-state index contributed by atoms with van der Waals surface area (Å²) < 4.78 is 5.12. The van der Waals surface area contributed by atoms with Crippen LogP contribution in [-0.2, 0) is 13.1 Å². The second-order valence-corrected chi connectivity index (χ2v) is 6.57. The lowest BCUT2D eigenvalue weighted by molar-refractivity contribution is 0.0951. The Hall–Kier alpha value is -2.33. The molecule has 0 radical (unpaired) electrons. The molecule has 0 aromatic heterocycles. The Morgan fingerprint density at radius 2 is 1.76 bits per heavy atom. The number of nitrogens with one attached hydrogen (secondary N) is 1. The summed E-state index contributed by atoms with van der Waals surface area (Å²) >= 11 is 0. The third-order valence-corrected chi connectivity index (χ3v) is 4.65. The lowest BCUT2D eigenvalue weighted by Crippen LogP contribution is -2.29. The van der Waals surface area contributed by atoms with E-state index in [9.17, 15) is 4.79 Å². The number of ether oxygens (including phenoxy) is 1. The molecule has 0 atom stereocenters. The van der Waals surface area contributed by atoms with Gasteiger partial charge >= 0.3 is 0 Å². The molecule has 1 fully saturated rings. The molecule has 132 valence electrons. The lowest BCUT2D eigenvalue weighted by Gasteiger charge is -2.26. The van der Waals surface area contributed by atoms with Crippen LogP contribution in [0.25, 0.3) is 0 Å². The first kappa shape index (κ1) is 17.5. The fourth-order valence-corrected chi connectivity index (χ4v) is 3.24. The smallest absolute Gasteiger partial charge is 0.251 e. The molecule has 1 aliphatic rings. The number of hydrogen-bond acceptors (Lipinski definition) is 3. The second kappa shape index (κ2) is 8.67. The fraction of sp³-hybridized carbons (Fsp3) is 0.381. The normalized spacial score (nSPS) is 14.9. The SMILES string of the molecule is COc1ccc(C(=O)NCc2cccc(CN3CCCCC3)c2)cc1. The summed E-state index contributed by atoms with van der Waals surface area (Å²) in [4.78, 5) is 14.8. The molecule has 2 aromatic rings. The van der Waals surface area contributed by atoms with Gasteiger partial charge in [0.1, 0.15) is 5.75 Å². The third kappa shape index (κ3) is 5.07. The Morgan fingerprint density at radius 1 is 1.04 bits per heavy atom. The van der Waals surface area contributed by atoms with Gasteiger partial charge in [0.05, 0.1) is 7.11 Å². The first-order chi connectivity index (χ1) is 12.2.